The van der Waals surface area contributed by atoms with Crippen LogP contribution < -0.4 is 19.1 Å². The average Bonchev–Trinajstić information content (AvgIpc) is 2.70. The number of hydrogen-bond donors (Lipinski definition) is 1. The molecule has 1 N–H and O–H groups in total. The maximum Gasteiger partial charge on any atom is 0.262 e. The van der Waals surface area contributed by atoms with Gasteiger partial charge in [-0.1, -0.05) is 17.7 Å². The molecule has 0 saturated carbocycles. The number of sulfonamides is 1. The van der Waals surface area contributed by atoms with E-state index in [9.17, 15) is 8.42 Å². The van der Waals surface area contributed by atoms with Gasteiger partial charge in [0.05, 0.1) is 42.7 Å². The van der Waals surface area contributed by atoms with Crippen LogP contribution in [0.3, 0.4) is 0 Å². The van der Waals surface area contributed by atoms with Crippen LogP contribution in [-0.2, 0) is 14.8 Å². The predicted octanol–water partition coefficient (Wildman–Crippen LogP) is 3.77. The van der Waals surface area contributed by atoms with Gasteiger partial charge in [-0.3, -0.25) is 4.72 Å². The molecule has 0 atom stereocenters. The maximum atomic E-state index is 12.9. The fraction of sp³-hybridized carbons (Fsp3) is 0.400. The first-order valence-corrected chi connectivity index (χ1v) is 11.4. The van der Waals surface area contributed by atoms with Crippen molar-refractivity contribution in [1.82, 2.24) is 0 Å². The van der Waals surface area contributed by atoms with Crippen molar-refractivity contribution in [3.63, 3.8) is 0 Å². The van der Waals surface area contributed by atoms with Gasteiger partial charge in [-0.05, 0) is 32.0 Å². The van der Waals surface area contributed by atoms with Gasteiger partial charge >= 0.3 is 0 Å². The third kappa shape index (κ3) is 5.26. The first-order valence-electron chi connectivity index (χ1n) is 9.49. The van der Waals surface area contributed by atoms with Crippen molar-refractivity contribution in [3.8, 4) is 11.5 Å². The molecule has 9 heteroatoms. The van der Waals surface area contributed by atoms with E-state index in [0.29, 0.717) is 48.6 Å². The fourth-order valence-corrected chi connectivity index (χ4v) is 4.43. The Hall–Kier alpha value is -2.16. The zero-order chi connectivity index (χ0) is 20.9. The minimum atomic E-state index is -3.85. The summed E-state index contributed by atoms with van der Waals surface area (Å²) in [4.78, 5) is 2.22. The minimum Gasteiger partial charge on any atom is -0.492 e. The van der Waals surface area contributed by atoms with Crippen LogP contribution in [0.2, 0.25) is 5.02 Å². The van der Waals surface area contributed by atoms with Gasteiger partial charge in [-0.25, -0.2) is 8.42 Å². The Balaban J connectivity index is 2.01. The molecule has 0 radical (unpaired) electrons. The second-order valence-electron chi connectivity index (χ2n) is 6.34. The van der Waals surface area contributed by atoms with Crippen molar-refractivity contribution in [2.24, 2.45) is 0 Å². The highest BCUT2D eigenvalue weighted by Crippen LogP contribution is 2.40. The Morgan fingerprint density at radius 2 is 1.76 bits per heavy atom. The van der Waals surface area contributed by atoms with Crippen LogP contribution in [0.5, 0.6) is 11.5 Å². The number of morpholine rings is 1. The van der Waals surface area contributed by atoms with Gasteiger partial charge in [0.25, 0.3) is 10.0 Å². The van der Waals surface area contributed by atoms with Crippen molar-refractivity contribution < 1.29 is 22.6 Å². The lowest BCUT2D eigenvalue weighted by Gasteiger charge is -2.31. The number of hydrogen-bond acceptors (Lipinski definition) is 6. The number of anilines is 2. The second kappa shape index (κ2) is 9.56. The van der Waals surface area contributed by atoms with Crippen molar-refractivity contribution in [2.45, 2.75) is 18.7 Å². The molecule has 0 aliphatic carbocycles. The van der Waals surface area contributed by atoms with Gasteiger partial charge in [0.15, 0.2) is 0 Å². The zero-order valence-electron chi connectivity index (χ0n) is 16.5. The molecule has 0 aromatic heterocycles. The molecule has 1 fully saturated rings. The monoisotopic (exact) mass is 440 g/mol. The van der Waals surface area contributed by atoms with E-state index in [4.69, 9.17) is 25.8 Å². The first kappa shape index (κ1) is 21.5. The van der Waals surface area contributed by atoms with Crippen LogP contribution in [0.25, 0.3) is 0 Å². The van der Waals surface area contributed by atoms with Crippen LogP contribution >= 0.6 is 11.6 Å². The van der Waals surface area contributed by atoms with E-state index < -0.39 is 10.0 Å². The van der Waals surface area contributed by atoms with Gasteiger partial charge in [0.2, 0.25) is 0 Å². The number of halogens is 1. The quantitative estimate of drug-likeness (QED) is 0.673. The van der Waals surface area contributed by atoms with E-state index in [0.717, 1.165) is 18.8 Å². The molecule has 1 aliphatic heterocycles. The highest BCUT2D eigenvalue weighted by molar-refractivity contribution is 7.92. The molecular formula is C20H25ClN2O5S. The fourth-order valence-electron chi connectivity index (χ4n) is 3.06. The SMILES string of the molecule is CCOc1cc(N2CCOCC2)c(OCC)cc1NS(=O)(=O)c1cccc(Cl)c1. The number of benzene rings is 2. The van der Waals surface area contributed by atoms with Gasteiger partial charge in [0, 0.05) is 30.2 Å². The molecule has 0 unspecified atom stereocenters. The summed E-state index contributed by atoms with van der Waals surface area (Å²) in [6.45, 7) is 7.26. The van der Waals surface area contributed by atoms with Crippen LogP contribution in [0.1, 0.15) is 13.8 Å². The maximum absolute atomic E-state index is 12.9. The molecule has 7 nitrogen and oxygen atoms in total. The van der Waals surface area contributed by atoms with E-state index in [1.807, 2.05) is 19.9 Å². The minimum absolute atomic E-state index is 0.0719. The van der Waals surface area contributed by atoms with Crippen molar-refractivity contribution in [3.05, 3.63) is 41.4 Å². The van der Waals surface area contributed by atoms with Crippen molar-refractivity contribution in [1.29, 1.82) is 0 Å². The van der Waals surface area contributed by atoms with Crippen LogP contribution in [0.4, 0.5) is 11.4 Å². The van der Waals surface area contributed by atoms with E-state index in [-0.39, 0.29) is 4.90 Å². The van der Waals surface area contributed by atoms with Gasteiger partial charge < -0.3 is 19.1 Å². The van der Waals surface area contributed by atoms with Crippen LogP contribution in [0.15, 0.2) is 41.3 Å². The third-order valence-corrected chi connectivity index (χ3v) is 5.96. The number of nitrogens with zero attached hydrogens (tertiary/aromatic N) is 1. The summed E-state index contributed by atoms with van der Waals surface area (Å²) < 4.78 is 45.3. The topological polar surface area (TPSA) is 77.1 Å². The predicted molar refractivity (Wildman–Crippen MR) is 114 cm³/mol. The van der Waals surface area contributed by atoms with Gasteiger partial charge in [0.1, 0.15) is 11.5 Å². The molecular weight excluding hydrogens is 416 g/mol. The summed E-state index contributed by atoms with van der Waals surface area (Å²) in [5, 5.41) is 0.343. The molecule has 0 amide bonds. The molecule has 1 saturated heterocycles. The molecule has 29 heavy (non-hydrogen) atoms. The van der Waals surface area contributed by atoms with Crippen molar-refractivity contribution in [2.75, 3.05) is 49.1 Å². The second-order valence-corrected chi connectivity index (χ2v) is 8.46. The molecule has 0 bridgehead atoms. The molecule has 158 valence electrons. The molecule has 0 spiro atoms. The highest BCUT2D eigenvalue weighted by Gasteiger charge is 2.22. The summed E-state index contributed by atoms with van der Waals surface area (Å²) in [5.74, 6) is 1.02. The largest absolute Gasteiger partial charge is 0.492 e. The van der Waals surface area contributed by atoms with E-state index in [2.05, 4.69) is 9.62 Å². The number of ether oxygens (including phenoxy) is 3. The Bertz CT molecular complexity index is 946. The standard InChI is InChI=1S/C20H25ClN2O5S/c1-3-27-19-14-18(23-8-10-26-11-9-23)20(28-4-2)13-17(19)22-29(24,25)16-7-5-6-15(21)12-16/h5-7,12-14,22H,3-4,8-11H2,1-2H3. The van der Waals surface area contributed by atoms with Crippen LogP contribution in [-0.4, -0.2) is 47.9 Å². The van der Waals surface area contributed by atoms with E-state index >= 15 is 0 Å². The Morgan fingerprint density at radius 3 is 2.41 bits per heavy atom. The summed E-state index contributed by atoms with van der Waals surface area (Å²) in [5.41, 5.74) is 1.16. The normalized spacial score (nSPS) is 14.5. The van der Waals surface area contributed by atoms with Crippen molar-refractivity contribution >= 4 is 33.0 Å². The van der Waals surface area contributed by atoms with Gasteiger partial charge in [-0.15, -0.1) is 0 Å². The lowest BCUT2D eigenvalue weighted by molar-refractivity contribution is 0.122. The zero-order valence-corrected chi connectivity index (χ0v) is 18.1. The molecule has 3 rings (SSSR count). The Kier molecular flexibility index (Phi) is 7.10. The van der Waals surface area contributed by atoms with Crippen LogP contribution in [0, 0.1) is 0 Å². The summed E-state index contributed by atoms with van der Waals surface area (Å²) in [6, 6.07) is 9.58. The molecule has 1 heterocycles. The lowest BCUT2D eigenvalue weighted by Crippen LogP contribution is -2.36. The molecule has 1 aliphatic rings. The Labute approximate surface area is 176 Å². The summed E-state index contributed by atoms with van der Waals surface area (Å²) >= 11 is 5.96. The van der Waals surface area contributed by atoms with E-state index in [1.165, 1.54) is 12.1 Å². The molecule has 2 aromatic rings. The Morgan fingerprint density at radius 1 is 1.07 bits per heavy atom. The summed E-state index contributed by atoms with van der Waals surface area (Å²) in [6.07, 6.45) is 0. The lowest BCUT2D eigenvalue weighted by atomic mass is 10.2. The van der Waals surface area contributed by atoms with Gasteiger partial charge in [-0.2, -0.15) is 0 Å². The van der Waals surface area contributed by atoms with E-state index in [1.54, 1.807) is 18.2 Å². The number of nitrogens with one attached hydrogen (secondary N) is 1. The number of rotatable bonds is 8. The first-order chi connectivity index (χ1) is 13.9. The third-order valence-electron chi connectivity index (χ3n) is 4.36. The smallest absolute Gasteiger partial charge is 0.262 e. The average molecular weight is 441 g/mol. The molecule has 2 aromatic carbocycles. The highest BCUT2D eigenvalue weighted by atomic mass is 35.5. The summed E-state index contributed by atoms with van der Waals surface area (Å²) in [7, 11) is -3.85.